The number of amidine groups is 1. The lowest BCUT2D eigenvalue weighted by Crippen LogP contribution is -2.15. The van der Waals surface area contributed by atoms with E-state index in [9.17, 15) is 0 Å². The van der Waals surface area contributed by atoms with Crippen LogP contribution in [0.4, 0.5) is 0 Å². The van der Waals surface area contributed by atoms with Crippen LogP contribution < -0.4 is 5.73 Å². The smallest absolute Gasteiger partial charge is 0.0942 e. The Bertz CT molecular complexity index is 290. The summed E-state index contributed by atoms with van der Waals surface area (Å²) in [7, 11) is 0. The van der Waals surface area contributed by atoms with Gasteiger partial charge >= 0.3 is 0 Å². The largest absolute Gasteiger partial charge is 0.387 e. The summed E-state index contributed by atoms with van der Waals surface area (Å²) in [6.45, 7) is 4.95. The van der Waals surface area contributed by atoms with E-state index in [2.05, 4.69) is 36.2 Å². The van der Waals surface area contributed by atoms with E-state index in [0.29, 0.717) is 5.92 Å². The number of rotatable bonds is 4. The third-order valence-electron chi connectivity index (χ3n) is 2.25. The number of benzene rings is 1. The molecule has 76 valence electrons. The molecule has 0 aliphatic carbocycles. The zero-order chi connectivity index (χ0) is 10.4. The van der Waals surface area contributed by atoms with Gasteiger partial charge in [0.15, 0.2) is 0 Å². The van der Waals surface area contributed by atoms with Crippen molar-refractivity contribution in [2.75, 3.05) is 6.54 Å². The highest BCUT2D eigenvalue weighted by Gasteiger charge is 2.06. The molecule has 0 aromatic heterocycles. The van der Waals surface area contributed by atoms with Gasteiger partial charge in [-0.3, -0.25) is 4.99 Å². The van der Waals surface area contributed by atoms with Crippen LogP contribution in [0.25, 0.3) is 0 Å². The van der Waals surface area contributed by atoms with Crippen molar-refractivity contribution in [2.24, 2.45) is 10.7 Å². The zero-order valence-electron chi connectivity index (χ0n) is 8.90. The third-order valence-corrected chi connectivity index (χ3v) is 2.25. The van der Waals surface area contributed by atoms with Crippen LogP contribution in [0.15, 0.2) is 35.3 Å². The second kappa shape index (κ2) is 5.43. The van der Waals surface area contributed by atoms with Gasteiger partial charge in [0.2, 0.25) is 0 Å². The van der Waals surface area contributed by atoms with Crippen LogP contribution in [0.3, 0.4) is 0 Å². The highest BCUT2D eigenvalue weighted by Crippen LogP contribution is 2.17. The third kappa shape index (κ3) is 3.21. The van der Waals surface area contributed by atoms with Gasteiger partial charge in [-0.1, -0.05) is 37.3 Å². The van der Waals surface area contributed by atoms with Crippen LogP contribution in [-0.2, 0) is 0 Å². The first-order valence-electron chi connectivity index (χ1n) is 5.07. The highest BCUT2D eigenvalue weighted by molar-refractivity contribution is 5.81. The lowest BCUT2D eigenvalue weighted by molar-refractivity contribution is 0.796. The van der Waals surface area contributed by atoms with Gasteiger partial charge < -0.3 is 5.73 Å². The minimum atomic E-state index is 0.450. The number of hydrogen-bond acceptors (Lipinski definition) is 1. The Morgan fingerprint density at radius 1 is 1.36 bits per heavy atom. The molecule has 2 heteroatoms. The predicted octanol–water partition coefficient (Wildman–Crippen LogP) is 2.56. The quantitative estimate of drug-likeness (QED) is 0.575. The average molecular weight is 190 g/mol. The van der Waals surface area contributed by atoms with Crippen LogP contribution in [0.1, 0.15) is 31.7 Å². The molecule has 2 N–H and O–H groups in total. The Labute approximate surface area is 85.9 Å². The summed E-state index contributed by atoms with van der Waals surface area (Å²) < 4.78 is 0. The van der Waals surface area contributed by atoms with E-state index in [-0.39, 0.29) is 0 Å². The predicted molar refractivity (Wildman–Crippen MR) is 61.6 cm³/mol. The number of hydrogen-bond donors (Lipinski definition) is 1. The van der Waals surface area contributed by atoms with Gasteiger partial charge in [-0.25, -0.2) is 0 Å². The second-order valence-electron chi connectivity index (χ2n) is 3.48. The molecule has 1 aromatic carbocycles. The first-order chi connectivity index (χ1) is 6.74. The first kappa shape index (κ1) is 10.8. The topological polar surface area (TPSA) is 38.4 Å². The SMILES string of the molecule is CCN=C(N)CC(C)c1ccccc1. The van der Waals surface area contributed by atoms with Gasteiger partial charge in [0, 0.05) is 13.0 Å². The zero-order valence-corrected chi connectivity index (χ0v) is 8.90. The molecule has 0 saturated heterocycles. The summed E-state index contributed by atoms with van der Waals surface area (Å²) in [5.41, 5.74) is 7.09. The molecule has 1 atom stereocenters. The van der Waals surface area contributed by atoms with Crippen molar-refractivity contribution in [3.8, 4) is 0 Å². The molecule has 0 bridgehead atoms. The molecule has 1 unspecified atom stereocenters. The molecule has 0 saturated carbocycles. The first-order valence-corrected chi connectivity index (χ1v) is 5.07. The molecule has 1 rings (SSSR count). The Balaban J connectivity index is 2.59. The van der Waals surface area contributed by atoms with Gasteiger partial charge in [0.1, 0.15) is 0 Å². The number of aliphatic imine (C=N–C) groups is 1. The van der Waals surface area contributed by atoms with Crippen molar-refractivity contribution in [1.82, 2.24) is 0 Å². The Morgan fingerprint density at radius 2 is 2.00 bits per heavy atom. The molecule has 0 aliphatic rings. The van der Waals surface area contributed by atoms with Crippen LogP contribution in [0, 0.1) is 0 Å². The van der Waals surface area contributed by atoms with E-state index in [1.807, 2.05) is 13.0 Å². The van der Waals surface area contributed by atoms with Crippen LogP contribution in [0.5, 0.6) is 0 Å². The van der Waals surface area contributed by atoms with Crippen molar-refractivity contribution in [1.29, 1.82) is 0 Å². The number of nitrogens with two attached hydrogens (primary N) is 1. The Kier molecular flexibility index (Phi) is 4.17. The van der Waals surface area contributed by atoms with Crippen molar-refractivity contribution in [3.05, 3.63) is 35.9 Å². The maximum atomic E-state index is 5.77. The molecule has 0 aliphatic heterocycles. The molecular formula is C12H18N2. The molecular weight excluding hydrogens is 172 g/mol. The Hall–Kier alpha value is -1.31. The van der Waals surface area contributed by atoms with Crippen molar-refractivity contribution in [2.45, 2.75) is 26.2 Å². The van der Waals surface area contributed by atoms with E-state index in [4.69, 9.17) is 5.73 Å². The van der Waals surface area contributed by atoms with Crippen molar-refractivity contribution in [3.63, 3.8) is 0 Å². The summed E-state index contributed by atoms with van der Waals surface area (Å²) in [6.07, 6.45) is 0.845. The average Bonchev–Trinajstić information content (AvgIpc) is 2.19. The lowest BCUT2D eigenvalue weighted by Gasteiger charge is -2.10. The molecule has 0 amide bonds. The maximum absolute atomic E-state index is 5.77. The monoisotopic (exact) mass is 190 g/mol. The van der Waals surface area contributed by atoms with Gasteiger partial charge in [0.05, 0.1) is 5.84 Å². The summed E-state index contributed by atoms with van der Waals surface area (Å²) in [4.78, 5) is 4.18. The van der Waals surface area contributed by atoms with Gasteiger partial charge in [-0.05, 0) is 18.4 Å². The maximum Gasteiger partial charge on any atom is 0.0942 e. The van der Waals surface area contributed by atoms with Crippen LogP contribution in [0.2, 0.25) is 0 Å². The van der Waals surface area contributed by atoms with Gasteiger partial charge in [-0.15, -0.1) is 0 Å². The van der Waals surface area contributed by atoms with Crippen molar-refractivity contribution < 1.29 is 0 Å². The van der Waals surface area contributed by atoms with E-state index in [1.165, 1.54) is 5.56 Å². The van der Waals surface area contributed by atoms with Crippen LogP contribution >= 0.6 is 0 Å². The van der Waals surface area contributed by atoms with E-state index in [0.717, 1.165) is 18.8 Å². The second-order valence-corrected chi connectivity index (χ2v) is 3.48. The van der Waals surface area contributed by atoms with E-state index in [1.54, 1.807) is 0 Å². The molecule has 2 nitrogen and oxygen atoms in total. The fraction of sp³-hybridized carbons (Fsp3) is 0.417. The van der Waals surface area contributed by atoms with E-state index < -0.39 is 0 Å². The standard InChI is InChI=1S/C12H18N2/c1-3-14-12(13)9-10(2)11-7-5-4-6-8-11/h4-8,10H,3,9H2,1-2H3,(H2,13,14). The van der Waals surface area contributed by atoms with E-state index >= 15 is 0 Å². The van der Waals surface area contributed by atoms with Crippen molar-refractivity contribution >= 4 is 5.84 Å². The minimum absolute atomic E-state index is 0.450. The van der Waals surface area contributed by atoms with Gasteiger partial charge in [-0.2, -0.15) is 0 Å². The summed E-state index contributed by atoms with van der Waals surface area (Å²) >= 11 is 0. The molecule has 14 heavy (non-hydrogen) atoms. The molecule has 0 spiro atoms. The highest BCUT2D eigenvalue weighted by atomic mass is 14.8. The summed E-state index contributed by atoms with van der Waals surface area (Å²) in [5.74, 6) is 1.20. The van der Waals surface area contributed by atoms with Gasteiger partial charge in [0.25, 0.3) is 0 Å². The summed E-state index contributed by atoms with van der Waals surface area (Å²) in [6, 6.07) is 10.4. The molecule has 0 fully saturated rings. The molecule has 0 radical (unpaired) electrons. The summed E-state index contributed by atoms with van der Waals surface area (Å²) in [5, 5.41) is 0. The lowest BCUT2D eigenvalue weighted by atomic mass is 9.97. The van der Waals surface area contributed by atoms with Crippen LogP contribution in [-0.4, -0.2) is 12.4 Å². The fourth-order valence-electron chi connectivity index (χ4n) is 1.48. The number of nitrogens with zero attached hydrogens (tertiary/aromatic N) is 1. The Morgan fingerprint density at radius 3 is 2.57 bits per heavy atom. The molecule has 1 aromatic rings. The molecule has 0 heterocycles. The normalized spacial score (nSPS) is 14.0. The minimum Gasteiger partial charge on any atom is -0.387 e. The fourth-order valence-corrected chi connectivity index (χ4v) is 1.48.